The molecule has 0 aliphatic heterocycles. The lowest BCUT2D eigenvalue weighted by molar-refractivity contribution is 0.353. The number of benzene rings is 1. The molecule has 0 aliphatic carbocycles. The maximum absolute atomic E-state index is 6.19. The highest BCUT2D eigenvalue weighted by molar-refractivity contribution is 6.32. The number of nitrogens with one attached hydrogen (secondary N) is 1. The van der Waals surface area contributed by atoms with E-state index in [1.54, 1.807) is 14.2 Å². The van der Waals surface area contributed by atoms with Crippen LogP contribution in [0.1, 0.15) is 31.4 Å². The summed E-state index contributed by atoms with van der Waals surface area (Å²) >= 11 is 6.19. The SMILES string of the molecule is C=C(C)CCC(NN)c1cc(Cl)c(OC)c(OC)c1. The van der Waals surface area contributed by atoms with E-state index in [0.717, 1.165) is 24.0 Å². The molecule has 106 valence electrons. The summed E-state index contributed by atoms with van der Waals surface area (Å²) in [6, 6.07) is 3.72. The van der Waals surface area contributed by atoms with E-state index < -0.39 is 0 Å². The van der Waals surface area contributed by atoms with Crippen LogP contribution >= 0.6 is 11.6 Å². The van der Waals surface area contributed by atoms with E-state index in [4.69, 9.17) is 26.9 Å². The minimum atomic E-state index is -0.00555. The Kier molecular flexibility index (Phi) is 6.15. The number of nitrogens with two attached hydrogens (primary N) is 1. The zero-order chi connectivity index (χ0) is 14.4. The van der Waals surface area contributed by atoms with Gasteiger partial charge in [-0.25, -0.2) is 0 Å². The van der Waals surface area contributed by atoms with Crippen LogP contribution in [-0.2, 0) is 0 Å². The third kappa shape index (κ3) is 4.13. The molecule has 1 atom stereocenters. The van der Waals surface area contributed by atoms with Gasteiger partial charge in [0.15, 0.2) is 11.5 Å². The second-order valence-corrected chi connectivity index (χ2v) is 4.86. The largest absolute Gasteiger partial charge is 0.493 e. The fourth-order valence-corrected chi connectivity index (χ4v) is 2.17. The van der Waals surface area contributed by atoms with Crippen molar-refractivity contribution in [2.45, 2.75) is 25.8 Å². The summed E-state index contributed by atoms with van der Waals surface area (Å²) in [5.74, 6) is 6.74. The van der Waals surface area contributed by atoms with E-state index >= 15 is 0 Å². The average molecular weight is 285 g/mol. The van der Waals surface area contributed by atoms with Crippen LogP contribution in [0.25, 0.3) is 0 Å². The minimum absolute atomic E-state index is 0.00555. The van der Waals surface area contributed by atoms with Crippen molar-refractivity contribution in [2.24, 2.45) is 5.84 Å². The molecule has 0 radical (unpaired) electrons. The zero-order valence-electron chi connectivity index (χ0n) is 11.6. The van der Waals surface area contributed by atoms with Gasteiger partial charge in [0.05, 0.1) is 19.2 Å². The van der Waals surface area contributed by atoms with Crippen molar-refractivity contribution >= 4 is 11.6 Å². The van der Waals surface area contributed by atoms with Crippen molar-refractivity contribution < 1.29 is 9.47 Å². The van der Waals surface area contributed by atoms with Crippen molar-refractivity contribution in [2.75, 3.05) is 14.2 Å². The molecule has 0 bridgehead atoms. The Morgan fingerprint density at radius 2 is 2.11 bits per heavy atom. The lowest BCUT2D eigenvalue weighted by Gasteiger charge is -2.19. The van der Waals surface area contributed by atoms with Crippen LogP contribution in [0.5, 0.6) is 11.5 Å². The normalized spacial score (nSPS) is 12.1. The first-order valence-electron chi connectivity index (χ1n) is 6.05. The van der Waals surface area contributed by atoms with E-state index in [1.165, 1.54) is 0 Å². The second-order valence-electron chi connectivity index (χ2n) is 4.45. The highest BCUT2D eigenvalue weighted by Crippen LogP contribution is 2.38. The molecule has 0 fully saturated rings. The molecule has 0 saturated carbocycles. The molecule has 0 spiro atoms. The molecule has 0 heterocycles. The van der Waals surface area contributed by atoms with Gasteiger partial charge in [0.1, 0.15) is 0 Å². The number of ether oxygens (including phenoxy) is 2. The third-order valence-corrected chi connectivity index (χ3v) is 3.20. The number of hydrogen-bond acceptors (Lipinski definition) is 4. The Labute approximate surface area is 119 Å². The number of halogens is 1. The van der Waals surface area contributed by atoms with Gasteiger partial charge in [0, 0.05) is 6.04 Å². The molecule has 0 amide bonds. The Morgan fingerprint density at radius 3 is 2.58 bits per heavy atom. The molecule has 19 heavy (non-hydrogen) atoms. The van der Waals surface area contributed by atoms with Crippen LogP contribution < -0.4 is 20.7 Å². The van der Waals surface area contributed by atoms with Gasteiger partial charge in [0.25, 0.3) is 0 Å². The molecule has 1 aromatic carbocycles. The van der Waals surface area contributed by atoms with E-state index in [1.807, 2.05) is 19.1 Å². The molecule has 0 aromatic heterocycles. The molecule has 0 aliphatic rings. The molecule has 5 heteroatoms. The Bertz CT molecular complexity index is 449. The average Bonchev–Trinajstić information content (AvgIpc) is 2.38. The zero-order valence-corrected chi connectivity index (χ0v) is 12.4. The number of rotatable bonds is 7. The first-order valence-corrected chi connectivity index (χ1v) is 6.43. The van der Waals surface area contributed by atoms with Crippen LogP contribution in [0, 0.1) is 0 Å². The predicted octanol–water partition coefficient (Wildman–Crippen LogP) is 3.22. The Hall–Kier alpha value is -1.23. The fraction of sp³-hybridized carbons (Fsp3) is 0.429. The fourth-order valence-electron chi connectivity index (χ4n) is 1.88. The van der Waals surface area contributed by atoms with E-state index in [0.29, 0.717) is 16.5 Å². The van der Waals surface area contributed by atoms with Gasteiger partial charge in [-0.1, -0.05) is 17.2 Å². The van der Waals surface area contributed by atoms with E-state index in [2.05, 4.69) is 12.0 Å². The number of hydrogen-bond donors (Lipinski definition) is 2. The van der Waals surface area contributed by atoms with Crippen molar-refractivity contribution in [3.8, 4) is 11.5 Å². The monoisotopic (exact) mass is 284 g/mol. The Balaban J connectivity index is 3.04. The highest BCUT2D eigenvalue weighted by atomic mass is 35.5. The topological polar surface area (TPSA) is 56.5 Å². The molecular formula is C14H21ClN2O2. The van der Waals surface area contributed by atoms with Crippen LogP contribution in [0.15, 0.2) is 24.3 Å². The lowest BCUT2D eigenvalue weighted by Crippen LogP contribution is -2.28. The Morgan fingerprint density at radius 1 is 1.42 bits per heavy atom. The molecule has 4 nitrogen and oxygen atoms in total. The van der Waals surface area contributed by atoms with Crippen LogP contribution in [0.4, 0.5) is 0 Å². The molecule has 0 saturated heterocycles. The molecule has 3 N–H and O–H groups in total. The summed E-state index contributed by atoms with van der Waals surface area (Å²) in [5.41, 5.74) is 4.88. The summed E-state index contributed by atoms with van der Waals surface area (Å²) in [4.78, 5) is 0. The van der Waals surface area contributed by atoms with Gasteiger partial charge in [-0.2, -0.15) is 0 Å². The first kappa shape index (κ1) is 15.8. The lowest BCUT2D eigenvalue weighted by atomic mass is 10.00. The molecule has 1 aromatic rings. The van der Waals surface area contributed by atoms with Crippen LogP contribution in [-0.4, -0.2) is 14.2 Å². The van der Waals surface area contributed by atoms with Gasteiger partial charge in [-0.05, 0) is 37.5 Å². The minimum Gasteiger partial charge on any atom is -0.493 e. The highest BCUT2D eigenvalue weighted by Gasteiger charge is 2.16. The summed E-state index contributed by atoms with van der Waals surface area (Å²) in [7, 11) is 3.14. The molecule has 1 unspecified atom stereocenters. The van der Waals surface area contributed by atoms with E-state index in [9.17, 15) is 0 Å². The van der Waals surface area contributed by atoms with Crippen LogP contribution in [0.2, 0.25) is 5.02 Å². The second kappa shape index (κ2) is 7.38. The van der Waals surface area contributed by atoms with Gasteiger partial charge >= 0.3 is 0 Å². The third-order valence-electron chi connectivity index (χ3n) is 2.92. The van der Waals surface area contributed by atoms with Gasteiger partial charge in [0.2, 0.25) is 0 Å². The van der Waals surface area contributed by atoms with Gasteiger partial charge in [-0.15, -0.1) is 6.58 Å². The standard InChI is InChI=1S/C14H21ClN2O2/c1-9(2)5-6-12(17-16)10-7-11(15)14(19-4)13(8-10)18-3/h7-8,12,17H,1,5-6,16H2,2-4H3. The maximum Gasteiger partial charge on any atom is 0.179 e. The first-order chi connectivity index (χ1) is 9.03. The van der Waals surface area contributed by atoms with Gasteiger partial charge in [-0.3, -0.25) is 11.3 Å². The maximum atomic E-state index is 6.19. The summed E-state index contributed by atoms with van der Waals surface area (Å²) < 4.78 is 10.5. The number of hydrazine groups is 1. The number of methoxy groups -OCH3 is 2. The van der Waals surface area contributed by atoms with E-state index in [-0.39, 0.29) is 6.04 Å². The molecular weight excluding hydrogens is 264 g/mol. The number of allylic oxidation sites excluding steroid dienone is 1. The molecule has 1 rings (SSSR count). The predicted molar refractivity (Wildman–Crippen MR) is 78.7 cm³/mol. The van der Waals surface area contributed by atoms with Crippen molar-refractivity contribution in [3.63, 3.8) is 0 Å². The van der Waals surface area contributed by atoms with Crippen molar-refractivity contribution in [1.29, 1.82) is 0 Å². The smallest absolute Gasteiger partial charge is 0.179 e. The van der Waals surface area contributed by atoms with Crippen LogP contribution in [0.3, 0.4) is 0 Å². The summed E-state index contributed by atoms with van der Waals surface area (Å²) in [6.07, 6.45) is 1.73. The van der Waals surface area contributed by atoms with Gasteiger partial charge < -0.3 is 9.47 Å². The van der Waals surface area contributed by atoms with Crippen molar-refractivity contribution in [3.05, 3.63) is 34.9 Å². The summed E-state index contributed by atoms with van der Waals surface area (Å²) in [5, 5.41) is 0.507. The quantitative estimate of drug-likeness (QED) is 0.459. The summed E-state index contributed by atoms with van der Waals surface area (Å²) in [6.45, 7) is 5.89. The van der Waals surface area contributed by atoms with Crippen molar-refractivity contribution in [1.82, 2.24) is 5.43 Å².